The lowest BCUT2D eigenvalue weighted by atomic mass is 10.1. The van der Waals surface area contributed by atoms with Crippen LogP contribution in [0, 0.1) is 24.0 Å². The van der Waals surface area contributed by atoms with E-state index in [4.69, 9.17) is 4.42 Å². The highest BCUT2D eigenvalue weighted by Crippen LogP contribution is 2.22. The average molecular weight is 288 g/mol. The Bertz CT molecular complexity index is 634. The molecule has 5 heteroatoms. The maximum Gasteiger partial charge on any atom is 0.272 e. The molecule has 112 valence electrons. The molecule has 1 unspecified atom stereocenters. The zero-order valence-electron chi connectivity index (χ0n) is 12.6. The molecule has 0 amide bonds. The third kappa shape index (κ3) is 3.70. The van der Waals surface area contributed by atoms with E-state index in [0.29, 0.717) is 13.0 Å². The van der Waals surface area contributed by atoms with Crippen LogP contribution < -0.4 is 5.32 Å². The third-order valence-corrected chi connectivity index (χ3v) is 3.58. The Morgan fingerprint density at radius 2 is 2.05 bits per heavy atom. The van der Waals surface area contributed by atoms with E-state index >= 15 is 0 Å². The van der Waals surface area contributed by atoms with Gasteiger partial charge in [0.25, 0.3) is 5.69 Å². The number of furan rings is 1. The maximum absolute atomic E-state index is 11.0. The van der Waals surface area contributed by atoms with Crippen LogP contribution in [0.25, 0.3) is 0 Å². The van der Waals surface area contributed by atoms with Crippen LogP contribution in [0.2, 0.25) is 0 Å². The molecule has 0 saturated heterocycles. The average Bonchev–Trinajstić information content (AvgIpc) is 2.78. The summed E-state index contributed by atoms with van der Waals surface area (Å²) < 4.78 is 5.52. The maximum atomic E-state index is 11.0. The van der Waals surface area contributed by atoms with Gasteiger partial charge in [0, 0.05) is 23.2 Å². The molecular weight excluding hydrogens is 268 g/mol. The van der Waals surface area contributed by atoms with Crippen molar-refractivity contribution in [1.29, 1.82) is 0 Å². The first-order valence-corrected chi connectivity index (χ1v) is 7.01. The highest BCUT2D eigenvalue weighted by molar-refractivity contribution is 5.39. The Hall–Kier alpha value is -2.14. The van der Waals surface area contributed by atoms with Gasteiger partial charge in [-0.05, 0) is 39.8 Å². The standard InChI is InChI=1S/C16H20N2O3/c1-11-10-15(13(3)21-11)12(2)17-9-8-14-6-4-5-7-16(14)18(19)20/h4-7,10,12,17H,8-9H2,1-3H3. The molecule has 1 aromatic carbocycles. The quantitative estimate of drug-likeness (QED) is 0.650. The molecular formula is C16H20N2O3. The predicted octanol–water partition coefficient (Wildman–Crippen LogP) is 3.70. The molecule has 0 spiro atoms. The molecule has 1 aromatic heterocycles. The summed E-state index contributed by atoms with van der Waals surface area (Å²) in [6.07, 6.45) is 0.622. The van der Waals surface area contributed by atoms with Crippen molar-refractivity contribution in [3.8, 4) is 0 Å². The minimum absolute atomic E-state index is 0.158. The second-order valence-electron chi connectivity index (χ2n) is 5.18. The summed E-state index contributed by atoms with van der Waals surface area (Å²) in [4.78, 5) is 10.6. The monoisotopic (exact) mass is 288 g/mol. The lowest BCUT2D eigenvalue weighted by Gasteiger charge is -2.13. The molecule has 5 nitrogen and oxygen atoms in total. The van der Waals surface area contributed by atoms with Crippen molar-refractivity contribution in [2.45, 2.75) is 33.2 Å². The van der Waals surface area contributed by atoms with Crippen LogP contribution in [0.1, 0.15) is 35.6 Å². The van der Waals surface area contributed by atoms with Crippen LogP contribution >= 0.6 is 0 Å². The number of rotatable bonds is 6. The highest BCUT2D eigenvalue weighted by atomic mass is 16.6. The van der Waals surface area contributed by atoms with Crippen molar-refractivity contribution in [3.05, 3.63) is 63.1 Å². The largest absolute Gasteiger partial charge is 0.466 e. The van der Waals surface area contributed by atoms with E-state index in [1.807, 2.05) is 26.0 Å². The van der Waals surface area contributed by atoms with E-state index in [2.05, 4.69) is 12.2 Å². The molecule has 1 heterocycles. The Morgan fingerprint density at radius 3 is 2.67 bits per heavy atom. The van der Waals surface area contributed by atoms with Crippen LogP contribution in [-0.2, 0) is 6.42 Å². The molecule has 0 bridgehead atoms. The number of nitro groups is 1. The number of benzene rings is 1. The van der Waals surface area contributed by atoms with Crippen molar-refractivity contribution in [2.75, 3.05) is 6.54 Å². The summed E-state index contributed by atoms with van der Waals surface area (Å²) in [5.41, 5.74) is 2.07. The minimum Gasteiger partial charge on any atom is -0.466 e. The van der Waals surface area contributed by atoms with Crippen LogP contribution in [0.4, 0.5) is 5.69 Å². The molecule has 0 fully saturated rings. The topological polar surface area (TPSA) is 68.3 Å². The zero-order chi connectivity index (χ0) is 15.4. The van der Waals surface area contributed by atoms with Gasteiger partial charge in [0.15, 0.2) is 0 Å². The Morgan fingerprint density at radius 1 is 1.33 bits per heavy atom. The van der Waals surface area contributed by atoms with Gasteiger partial charge in [-0.2, -0.15) is 0 Å². The number of hydrogen-bond donors (Lipinski definition) is 1. The predicted molar refractivity (Wildman–Crippen MR) is 81.4 cm³/mol. The van der Waals surface area contributed by atoms with Gasteiger partial charge in [-0.1, -0.05) is 18.2 Å². The summed E-state index contributed by atoms with van der Waals surface area (Å²) in [5, 5.41) is 14.3. The molecule has 2 rings (SSSR count). The highest BCUT2D eigenvalue weighted by Gasteiger charge is 2.14. The van der Waals surface area contributed by atoms with Gasteiger partial charge in [0.1, 0.15) is 11.5 Å². The number of nitro benzene ring substituents is 1. The molecule has 1 atom stereocenters. The second kappa shape index (κ2) is 6.54. The summed E-state index contributed by atoms with van der Waals surface area (Å²) in [5.74, 6) is 1.81. The van der Waals surface area contributed by atoms with Crippen molar-refractivity contribution in [2.24, 2.45) is 0 Å². The first-order chi connectivity index (χ1) is 9.99. The molecule has 0 aliphatic heterocycles. The lowest BCUT2D eigenvalue weighted by Crippen LogP contribution is -2.21. The van der Waals surface area contributed by atoms with E-state index in [-0.39, 0.29) is 16.7 Å². The molecule has 2 aromatic rings. The van der Waals surface area contributed by atoms with Gasteiger partial charge in [0.2, 0.25) is 0 Å². The zero-order valence-corrected chi connectivity index (χ0v) is 12.6. The SMILES string of the molecule is Cc1cc(C(C)NCCc2ccccc2[N+](=O)[O-])c(C)o1. The van der Waals surface area contributed by atoms with Crippen LogP contribution in [0.5, 0.6) is 0 Å². The van der Waals surface area contributed by atoms with E-state index in [0.717, 1.165) is 22.6 Å². The van der Waals surface area contributed by atoms with Crippen molar-refractivity contribution < 1.29 is 9.34 Å². The number of hydrogen-bond acceptors (Lipinski definition) is 4. The van der Waals surface area contributed by atoms with Crippen molar-refractivity contribution >= 4 is 5.69 Å². The van der Waals surface area contributed by atoms with Crippen LogP contribution in [0.3, 0.4) is 0 Å². The first kappa shape index (κ1) is 15.3. The molecule has 0 aliphatic rings. The first-order valence-electron chi connectivity index (χ1n) is 7.01. The number of para-hydroxylation sites is 1. The van der Waals surface area contributed by atoms with Gasteiger partial charge < -0.3 is 9.73 Å². The molecule has 1 N–H and O–H groups in total. The second-order valence-corrected chi connectivity index (χ2v) is 5.18. The molecule has 0 aliphatic carbocycles. The van der Waals surface area contributed by atoms with Gasteiger partial charge in [-0.15, -0.1) is 0 Å². The van der Waals surface area contributed by atoms with E-state index in [9.17, 15) is 10.1 Å². The number of nitrogens with one attached hydrogen (secondary N) is 1. The normalized spacial score (nSPS) is 12.3. The summed E-state index contributed by atoms with van der Waals surface area (Å²) in [6, 6.07) is 9.05. The fourth-order valence-corrected chi connectivity index (χ4v) is 2.51. The summed E-state index contributed by atoms with van der Waals surface area (Å²) >= 11 is 0. The third-order valence-electron chi connectivity index (χ3n) is 3.58. The van der Waals surface area contributed by atoms with E-state index in [1.54, 1.807) is 18.2 Å². The smallest absolute Gasteiger partial charge is 0.272 e. The Labute approximate surface area is 124 Å². The summed E-state index contributed by atoms with van der Waals surface area (Å²) in [7, 11) is 0. The molecule has 21 heavy (non-hydrogen) atoms. The van der Waals surface area contributed by atoms with Gasteiger partial charge in [-0.3, -0.25) is 10.1 Å². The summed E-state index contributed by atoms with van der Waals surface area (Å²) in [6.45, 7) is 6.62. The fraction of sp³-hybridized carbons (Fsp3) is 0.375. The van der Waals surface area contributed by atoms with Crippen LogP contribution in [0.15, 0.2) is 34.7 Å². The van der Waals surface area contributed by atoms with E-state index in [1.165, 1.54) is 0 Å². The van der Waals surface area contributed by atoms with Crippen LogP contribution in [-0.4, -0.2) is 11.5 Å². The van der Waals surface area contributed by atoms with E-state index < -0.39 is 0 Å². The fourth-order valence-electron chi connectivity index (χ4n) is 2.51. The number of nitrogens with zero attached hydrogens (tertiary/aromatic N) is 1. The molecule has 0 saturated carbocycles. The Balaban J connectivity index is 1.96. The van der Waals surface area contributed by atoms with Gasteiger partial charge in [0.05, 0.1) is 4.92 Å². The van der Waals surface area contributed by atoms with Crippen molar-refractivity contribution in [3.63, 3.8) is 0 Å². The number of aryl methyl sites for hydroxylation is 2. The Kier molecular flexibility index (Phi) is 4.75. The lowest BCUT2D eigenvalue weighted by molar-refractivity contribution is -0.385. The van der Waals surface area contributed by atoms with Crippen molar-refractivity contribution in [1.82, 2.24) is 5.32 Å². The van der Waals surface area contributed by atoms with Gasteiger partial charge >= 0.3 is 0 Å². The van der Waals surface area contributed by atoms with Gasteiger partial charge in [-0.25, -0.2) is 0 Å². The minimum atomic E-state index is -0.331. The molecule has 0 radical (unpaired) electrons.